The Hall–Kier alpha value is -2.44. The van der Waals surface area contributed by atoms with E-state index >= 15 is 0 Å². The van der Waals surface area contributed by atoms with Crippen LogP contribution in [-0.4, -0.2) is 31.1 Å². The number of carbonyl (C=O) groups is 2. The summed E-state index contributed by atoms with van der Waals surface area (Å²) < 4.78 is 19.5. The van der Waals surface area contributed by atoms with Crippen molar-refractivity contribution < 1.29 is 18.7 Å². The monoisotopic (exact) mass is 388 g/mol. The van der Waals surface area contributed by atoms with E-state index in [2.05, 4.69) is 5.32 Å². The van der Waals surface area contributed by atoms with Crippen molar-refractivity contribution in [3.05, 3.63) is 58.4 Å². The van der Waals surface area contributed by atoms with Crippen LogP contribution >= 0.6 is 11.6 Å². The average Bonchev–Trinajstić information content (AvgIpc) is 3.31. The van der Waals surface area contributed by atoms with Gasteiger partial charge in [-0.1, -0.05) is 23.7 Å². The Labute approximate surface area is 161 Å². The molecule has 5 nitrogen and oxygen atoms in total. The molecule has 1 unspecified atom stereocenters. The second kappa shape index (κ2) is 7.29. The first-order valence-electron chi connectivity index (χ1n) is 8.86. The summed E-state index contributed by atoms with van der Waals surface area (Å²) >= 11 is 5.95. The van der Waals surface area contributed by atoms with Crippen LogP contribution in [0, 0.1) is 5.82 Å². The molecule has 0 aliphatic carbocycles. The molecule has 0 aromatic heterocycles. The summed E-state index contributed by atoms with van der Waals surface area (Å²) in [5, 5.41) is 2.71. The molecule has 2 aliphatic rings. The zero-order valence-corrected chi connectivity index (χ0v) is 15.3. The van der Waals surface area contributed by atoms with Crippen molar-refractivity contribution in [1.29, 1.82) is 0 Å². The number of rotatable bonds is 3. The van der Waals surface area contributed by atoms with E-state index in [1.807, 2.05) is 6.07 Å². The summed E-state index contributed by atoms with van der Waals surface area (Å²) in [4.78, 5) is 26.9. The molecule has 1 N–H and O–H groups in total. The SMILES string of the molecule is O=C(Nc1ccc2c(c1)N(C(=O)C1CCCO1)CC2)c1c(F)cccc1Cl. The molecular formula is C20H18ClFN2O3. The van der Waals surface area contributed by atoms with E-state index in [1.165, 1.54) is 18.2 Å². The van der Waals surface area contributed by atoms with Gasteiger partial charge in [-0.25, -0.2) is 4.39 Å². The number of hydrogen-bond donors (Lipinski definition) is 1. The van der Waals surface area contributed by atoms with E-state index in [9.17, 15) is 14.0 Å². The number of halogens is 2. The lowest BCUT2D eigenvalue weighted by atomic mass is 10.1. The van der Waals surface area contributed by atoms with Gasteiger partial charge in [0.2, 0.25) is 0 Å². The Morgan fingerprint density at radius 1 is 1.26 bits per heavy atom. The minimum absolute atomic E-state index is 0.0452. The summed E-state index contributed by atoms with van der Waals surface area (Å²) in [7, 11) is 0. The molecule has 2 aliphatic heterocycles. The largest absolute Gasteiger partial charge is 0.368 e. The predicted octanol–water partition coefficient (Wildman–Crippen LogP) is 3.80. The van der Waals surface area contributed by atoms with E-state index in [-0.39, 0.29) is 16.5 Å². The van der Waals surface area contributed by atoms with Crippen molar-refractivity contribution in [3.8, 4) is 0 Å². The molecule has 1 atom stereocenters. The fourth-order valence-corrected chi connectivity index (χ4v) is 3.79. The van der Waals surface area contributed by atoms with Gasteiger partial charge in [0, 0.05) is 24.5 Å². The smallest absolute Gasteiger partial charge is 0.260 e. The van der Waals surface area contributed by atoms with Crippen LogP contribution in [0.5, 0.6) is 0 Å². The molecule has 2 aromatic carbocycles. The van der Waals surface area contributed by atoms with Gasteiger partial charge >= 0.3 is 0 Å². The van der Waals surface area contributed by atoms with Crippen LogP contribution in [0.3, 0.4) is 0 Å². The minimum Gasteiger partial charge on any atom is -0.368 e. The molecule has 0 spiro atoms. The van der Waals surface area contributed by atoms with Crippen molar-refractivity contribution >= 4 is 34.8 Å². The predicted molar refractivity (Wildman–Crippen MR) is 101 cm³/mol. The van der Waals surface area contributed by atoms with E-state index < -0.39 is 17.8 Å². The minimum atomic E-state index is -0.684. The van der Waals surface area contributed by atoms with Gasteiger partial charge in [-0.2, -0.15) is 0 Å². The van der Waals surface area contributed by atoms with Gasteiger partial charge in [0.25, 0.3) is 11.8 Å². The second-order valence-electron chi connectivity index (χ2n) is 6.64. The number of nitrogens with zero attached hydrogens (tertiary/aromatic N) is 1. The molecule has 4 rings (SSSR count). The Kier molecular flexibility index (Phi) is 4.85. The lowest BCUT2D eigenvalue weighted by Gasteiger charge is -2.21. The Balaban J connectivity index is 1.57. The highest BCUT2D eigenvalue weighted by Crippen LogP contribution is 2.33. The third-order valence-electron chi connectivity index (χ3n) is 4.90. The highest BCUT2D eigenvalue weighted by molar-refractivity contribution is 6.34. The fourth-order valence-electron chi connectivity index (χ4n) is 3.54. The Morgan fingerprint density at radius 2 is 2.11 bits per heavy atom. The van der Waals surface area contributed by atoms with Crippen LogP contribution in [0.15, 0.2) is 36.4 Å². The maximum Gasteiger partial charge on any atom is 0.260 e. The number of ether oxygens (including phenoxy) is 1. The van der Waals surface area contributed by atoms with Crippen LogP contribution in [0.2, 0.25) is 5.02 Å². The van der Waals surface area contributed by atoms with Gasteiger partial charge in [-0.15, -0.1) is 0 Å². The molecule has 27 heavy (non-hydrogen) atoms. The zero-order chi connectivity index (χ0) is 19.0. The summed E-state index contributed by atoms with van der Waals surface area (Å²) in [6.07, 6.45) is 1.97. The molecule has 2 aromatic rings. The van der Waals surface area contributed by atoms with E-state index in [4.69, 9.17) is 16.3 Å². The second-order valence-corrected chi connectivity index (χ2v) is 7.04. The molecule has 140 valence electrons. The molecule has 7 heteroatoms. The van der Waals surface area contributed by atoms with Crippen molar-refractivity contribution in [3.63, 3.8) is 0 Å². The Morgan fingerprint density at radius 3 is 2.85 bits per heavy atom. The highest BCUT2D eigenvalue weighted by Gasteiger charge is 2.33. The van der Waals surface area contributed by atoms with Crippen molar-refractivity contribution in [1.82, 2.24) is 0 Å². The molecule has 0 saturated carbocycles. The standard InChI is InChI=1S/C20H18ClFN2O3/c21-14-3-1-4-15(22)18(14)19(25)23-13-7-6-12-8-9-24(16(12)11-13)20(26)17-5-2-10-27-17/h1,3-4,6-7,11,17H,2,5,8-10H2,(H,23,25). The number of fused-ring (bicyclic) bond motifs is 1. The van der Waals surface area contributed by atoms with Gasteiger partial charge in [0.05, 0.1) is 10.6 Å². The van der Waals surface area contributed by atoms with Gasteiger partial charge in [0.1, 0.15) is 11.9 Å². The first kappa shape index (κ1) is 17.9. The maximum absolute atomic E-state index is 14.0. The molecular weight excluding hydrogens is 371 g/mol. The Bertz CT molecular complexity index is 892. The summed E-state index contributed by atoms with van der Waals surface area (Å²) in [5.74, 6) is -1.36. The maximum atomic E-state index is 14.0. The third kappa shape index (κ3) is 3.42. The van der Waals surface area contributed by atoms with Crippen molar-refractivity contribution in [2.24, 2.45) is 0 Å². The summed E-state index contributed by atoms with van der Waals surface area (Å²) in [5.41, 5.74) is 2.06. The van der Waals surface area contributed by atoms with Gasteiger partial charge in [0.15, 0.2) is 0 Å². The van der Waals surface area contributed by atoms with Crippen LogP contribution < -0.4 is 10.2 Å². The third-order valence-corrected chi connectivity index (χ3v) is 5.21. The number of carbonyl (C=O) groups excluding carboxylic acids is 2. The van der Waals surface area contributed by atoms with Gasteiger partial charge in [-0.05, 0) is 49.1 Å². The first-order valence-corrected chi connectivity index (χ1v) is 9.23. The number of benzene rings is 2. The highest BCUT2D eigenvalue weighted by atomic mass is 35.5. The van der Waals surface area contributed by atoms with Crippen molar-refractivity contribution in [2.45, 2.75) is 25.4 Å². The zero-order valence-electron chi connectivity index (χ0n) is 14.5. The van der Waals surface area contributed by atoms with E-state index in [1.54, 1.807) is 17.0 Å². The molecule has 1 saturated heterocycles. The van der Waals surface area contributed by atoms with Crippen LogP contribution in [0.1, 0.15) is 28.8 Å². The average molecular weight is 389 g/mol. The molecule has 2 heterocycles. The number of amides is 2. The van der Waals surface area contributed by atoms with Crippen molar-refractivity contribution in [2.75, 3.05) is 23.4 Å². The van der Waals surface area contributed by atoms with Gasteiger partial charge in [-0.3, -0.25) is 9.59 Å². The lowest BCUT2D eigenvalue weighted by Crippen LogP contribution is -2.37. The van der Waals surface area contributed by atoms with E-state index in [0.29, 0.717) is 18.8 Å². The quantitative estimate of drug-likeness (QED) is 0.870. The fraction of sp³-hybridized carbons (Fsp3) is 0.300. The first-order chi connectivity index (χ1) is 13.0. The number of anilines is 2. The molecule has 2 amide bonds. The van der Waals surface area contributed by atoms with Crippen LogP contribution in [0.25, 0.3) is 0 Å². The number of nitrogens with one attached hydrogen (secondary N) is 1. The lowest BCUT2D eigenvalue weighted by molar-refractivity contribution is -0.127. The normalized spacial score (nSPS) is 18.4. The summed E-state index contributed by atoms with van der Waals surface area (Å²) in [6.45, 7) is 1.20. The molecule has 0 radical (unpaired) electrons. The number of hydrogen-bond acceptors (Lipinski definition) is 3. The van der Waals surface area contributed by atoms with Crippen LogP contribution in [0.4, 0.5) is 15.8 Å². The molecule has 0 bridgehead atoms. The van der Waals surface area contributed by atoms with Crippen LogP contribution in [-0.2, 0) is 16.0 Å². The summed E-state index contributed by atoms with van der Waals surface area (Å²) in [6, 6.07) is 9.44. The van der Waals surface area contributed by atoms with E-state index in [0.717, 1.165) is 30.5 Å². The topological polar surface area (TPSA) is 58.6 Å². The van der Waals surface area contributed by atoms with Gasteiger partial charge < -0.3 is 15.0 Å². The molecule has 1 fully saturated rings.